The van der Waals surface area contributed by atoms with Gasteiger partial charge in [0.25, 0.3) is 0 Å². The second kappa shape index (κ2) is 5.37. The van der Waals surface area contributed by atoms with Crippen LogP contribution in [0.1, 0.15) is 25.6 Å². The maximum atomic E-state index is 9.17. The fourth-order valence-electron chi connectivity index (χ4n) is 1.69. The summed E-state index contributed by atoms with van der Waals surface area (Å²) in [7, 11) is 0. The molecule has 0 N–H and O–H groups in total. The normalized spacial score (nSPS) is 12.1. The zero-order valence-electron chi connectivity index (χ0n) is 10.4. The molecule has 0 saturated heterocycles. The molecule has 0 aliphatic heterocycles. The fourth-order valence-corrected chi connectivity index (χ4v) is 1.69. The van der Waals surface area contributed by atoms with Gasteiger partial charge in [0, 0.05) is 12.4 Å². The maximum absolute atomic E-state index is 9.17. The second-order valence-corrected chi connectivity index (χ2v) is 4.37. The summed E-state index contributed by atoms with van der Waals surface area (Å²) in [6.45, 7) is 3.98. The average molecular weight is 238 g/mol. The number of aromatic nitrogens is 3. The van der Waals surface area contributed by atoms with Crippen LogP contribution in [-0.2, 0) is 0 Å². The lowest BCUT2D eigenvalue weighted by Gasteiger charge is -2.11. The van der Waals surface area contributed by atoms with E-state index in [2.05, 4.69) is 21.0 Å². The van der Waals surface area contributed by atoms with Gasteiger partial charge in [0.15, 0.2) is 0 Å². The van der Waals surface area contributed by atoms with Gasteiger partial charge in [-0.3, -0.25) is 4.98 Å². The molecule has 4 heteroatoms. The first-order valence-corrected chi connectivity index (χ1v) is 5.86. The Labute approximate surface area is 106 Å². The van der Waals surface area contributed by atoms with E-state index in [4.69, 9.17) is 5.26 Å². The van der Waals surface area contributed by atoms with Gasteiger partial charge in [0.05, 0.1) is 17.5 Å². The minimum atomic E-state index is -0.284. The molecule has 0 aliphatic carbocycles. The van der Waals surface area contributed by atoms with Crippen LogP contribution in [0, 0.1) is 17.2 Å². The summed E-state index contributed by atoms with van der Waals surface area (Å²) in [5.41, 5.74) is 1.54. The fraction of sp³-hybridized carbons (Fsp3) is 0.286. The molecular formula is C14H14N4. The number of hydrogen-bond acceptors (Lipinski definition) is 4. The maximum Gasteiger partial charge on any atom is 0.146 e. The zero-order chi connectivity index (χ0) is 13.0. The summed E-state index contributed by atoms with van der Waals surface area (Å²) in [5, 5.41) is 9.17. The van der Waals surface area contributed by atoms with Crippen molar-refractivity contribution < 1.29 is 0 Å². The van der Waals surface area contributed by atoms with E-state index in [0.717, 1.165) is 11.4 Å². The largest absolute Gasteiger partial charge is 0.255 e. The van der Waals surface area contributed by atoms with E-state index < -0.39 is 0 Å². The van der Waals surface area contributed by atoms with Gasteiger partial charge in [-0.05, 0) is 24.1 Å². The average Bonchev–Trinajstić information content (AvgIpc) is 2.40. The van der Waals surface area contributed by atoms with Gasteiger partial charge in [-0.1, -0.05) is 19.9 Å². The van der Waals surface area contributed by atoms with Gasteiger partial charge in [-0.25, -0.2) is 9.97 Å². The lowest BCUT2D eigenvalue weighted by molar-refractivity contribution is 0.561. The van der Waals surface area contributed by atoms with E-state index in [1.165, 1.54) is 0 Å². The quantitative estimate of drug-likeness (QED) is 0.824. The molecule has 2 aromatic heterocycles. The number of rotatable bonds is 3. The van der Waals surface area contributed by atoms with Crippen molar-refractivity contribution in [1.82, 2.24) is 15.0 Å². The molecule has 0 amide bonds. The first-order chi connectivity index (χ1) is 8.72. The van der Waals surface area contributed by atoms with Gasteiger partial charge in [0.1, 0.15) is 11.7 Å². The number of hydrogen-bond donors (Lipinski definition) is 0. The minimum absolute atomic E-state index is 0.189. The van der Waals surface area contributed by atoms with Gasteiger partial charge >= 0.3 is 0 Å². The Kier molecular flexibility index (Phi) is 3.63. The summed E-state index contributed by atoms with van der Waals surface area (Å²) in [5.74, 6) is 0.471. The predicted octanol–water partition coefficient (Wildman–Crippen LogP) is 2.80. The van der Waals surface area contributed by atoms with Crippen LogP contribution in [0.2, 0.25) is 0 Å². The SMILES string of the molecule is CC(C)C(C#N)c1nccc(-c2ccccn2)n1. The van der Waals surface area contributed by atoms with Crippen molar-refractivity contribution >= 4 is 0 Å². The van der Waals surface area contributed by atoms with Crippen LogP contribution in [0.3, 0.4) is 0 Å². The van der Waals surface area contributed by atoms with Crippen LogP contribution < -0.4 is 0 Å². The van der Waals surface area contributed by atoms with Crippen molar-refractivity contribution in [2.24, 2.45) is 5.92 Å². The van der Waals surface area contributed by atoms with E-state index in [-0.39, 0.29) is 11.8 Å². The molecule has 0 fully saturated rings. The molecule has 0 saturated carbocycles. The van der Waals surface area contributed by atoms with Crippen LogP contribution in [0.4, 0.5) is 0 Å². The van der Waals surface area contributed by atoms with Crippen molar-refractivity contribution in [1.29, 1.82) is 5.26 Å². The molecule has 2 rings (SSSR count). The van der Waals surface area contributed by atoms with Crippen LogP contribution >= 0.6 is 0 Å². The first-order valence-electron chi connectivity index (χ1n) is 5.86. The van der Waals surface area contributed by atoms with E-state index in [0.29, 0.717) is 5.82 Å². The van der Waals surface area contributed by atoms with Gasteiger partial charge in [0.2, 0.25) is 0 Å². The van der Waals surface area contributed by atoms with Crippen LogP contribution in [0.5, 0.6) is 0 Å². The molecule has 4 nitrogen and oxygen atoms in total. The molecule has 0 radical (unpaired) electrons. The van der Waals surface area contributed by atoms with Gasteiger partial charge in [-0.2, -0.15) is 5.26 Å². The number of pyridine rings is 1. The summed E-state index contributed by atoms with van der Waals surface area (Å²) in [6, 6.07) is 9.72. The minimum Gasteiger partial charge on any atom is -0.255 e. The Balaban J connectivity index is 2.40. The van der Waals surface area contributed by atoms with Crippen LogP contribution in [0.15, 0.2) is 36.7 Å². The highest BCUT2D eigenvalue weighted by atomic mass is 14.9. The monoisotopic (exact) mass is 238 g/mol. The van der Waals surface area contributed by atoms with Crippen molar-refractivity contribution in [2.45, 2.75) is 19.8 Å². The van der Waals surface area contributed by atoms with Crippen molar-refractivity contribution in [3.8, 4) is 17.5 Å². The molecule has 90 valence electrons. The van der Waals surface area contributed by atoms with E-state index >= 15 is 0 Å². The third-order valence-electron chi connectivity index (χ3n) is 2.69. The summed E-state index contributed by atoms with van der Waals surface area (Å²) >= 11 is 0. The highest BCUT2D eigenvalue weighted by Gasteiger charge is 2.18. The third-order valence-corrected chi connectivity index (χ3v) is 2.69. The molecule has 0 spiro atoms. The third kappa shape index (κ3) is 2.51. The Morgan fingerprint density at radius 1 is 1.06 bits per heavy atom. The molecule has 2 aromatic rings. The van der Waals surface area contributed by atoms with E-state index in [9.17, 15) is 0 Å². The molecule has 1 atom stereocenters. The number of nitrogens with zero attached hydrogens (tertiary/aromatic N) is 4. The Morgan fingerprint density at radius 3 is 2.50 bits per heavy atom. The molecule has 0 aliphatic rings. The van der Waals surface area contributed by atoms with Crippen molar-refractivity contribution in [2.75, 3.05) is 0 Å². The van der Waals surface area contributed by atoms with E-state index in [1.54, 1.807) is 18.5 Å². The highest BCUT2D eigenvalue weighted by molar-refractivity contribution is 5.52. The molecule has 2 heterocycles. The first kappa shape index (κ1) is 12.2. The molecule has 0 bridgehead atoms. The lowest BCUT2D eigenvalue weighted by Crippen LogP contribution is -2.09. The topological polar surface area (TPSA) is 62.5 Å². The highest BCUT2D eigenvalue weighted by Crippen LogP contribution is 2.22. The smallest absolute Gasteiger partial charge is 0.146 e. The Hall–Kier alpha value is -2.28. The standard InChI is InChI=1S/C14H14N4/c1-10(2)11(9-15)14-17-8-6-13(18-14)12-5-3-4-7-16-12/h3-8,10-11H,1-2H3. The van der Waals surface area contributed by atoms with Gasteiger partial charge in [-0.15, -0.1) is 0 Å². The molecule has 1 unspecified atom stereocenters. The molecule has 18 heavy (non-hydrogen) atoms. The van der Waals surface area contributed by atoms with Crippen molar-refractivity contribution in [3.05, 3.63) is 42.5 Å². The second-order valence-electron chi connectivity index (χ2n) is 4.37. The molecular weight excluding hydrogens is 224 g/mol. The summed E-state index contributed by atoms with van der Waals surface area (Å²) in [4.78, 5) is 12.9. The Bertz CT molecular complexity index is 558. The van der Waals surface area contributed by atoms with Crippen LogP contribution in [-0.4, -0.2) is 15.0 Å². The summed E-state index contributed by atoms with van der Waals surface area (Å²) < 4.78 is 0. The predicted molar refractivity (Wildman–Crippen MR) is 68.5 cm³/mol. The summed E-state index contributed by atoms with van der Waals surface area (Å²) in [6.07, 6.45) is 3.40. The van der Waals surface area contributed by atoms with Crippen LogP contribution in [0.25, 0.3) is 11.4 Å². The lowest BCUT2D eigenvalue weighted by atomic mass is 9.96. The van der Waals surface area contributed by atoms with E-state index in [1.807, 2.05) is 32.0 Å². The Morgan fingerprint density at radius 2 is 1.89 bits per heavy atom. The van der Waals surface area contributed by atoms with Gasteiger partial charge < -0.3 is 0 Å². The number of nitriles is 1. The zero-order valence-corrected chi connectivity index (χ0v) is 10.4. The van der Waals surface area contributed by atoms with Crippen molar-refractivity contribution in [3.63, 3.8) is 0 Å². The molecule has 0 aromatic carbocycles.